The van der Waals surface area contributed by atoms with E-state index in [0.717, 1.165) is 22.8 Å². The molecule has 0 radical (unpaired) electrons. The van der Waals surface area contributed by atoms with Crippen molar-refractivity contribution in [3.63, 3.8) is 0 Å². The van der Waals surface area contributed by atoms with Gasteiger partial charge in [0.1, 0.15) is 5.75 Å². The van der Waals surface area contributed by atoms with Crippen LogP contribution in [0, 0.1) is 0 Å². The van der Waals surface area contributed by atoms with Gasteiger partial charge in [0, 0.05) is 18.3 Å². The van der Waals surface area contributed by atoms with Crippen LogP contribution in [-0.4, -0.2) is 21.9 Å². The highest BCUT2D eigenvalue weighted by Gasteiger charge is 2.10. The SMILES string of the molecule is COc1ccc(Nc2nnc(-c3ccccc3)n2C)cc1. The van der Waals surface area contributed by atoms with Crippen molar-refractivity contribution in [1.82, 2.24) is 14.8 Å². The fraction of sp³-hybridized carbons (Fsp3) is 0.125. The zero-order chi connectivity index (χ0) is 14.7. The standard InChI is InChI=1S/C16H16N4O/c1-20-15(12-6-4-3-5-7-12)18-19-16(20)17-13-8-10-14(21-2)11-9-13/h3-11H,1-2H3,(H,17,19). The van der Waals surface area contributed by atoms with Crippen LogP contribution >= 0.6 is 0 Å². The fourth-order valence-electron chi connectivity index (χ4n) is 2.08. The lowest BCUT2D eigenvalue weighted by Gasteiger charge is -2.07. The summed E-state index contributed by atoms with van der Waals surface area (Å²) in [6, 6.07) is 17.7. The molecule has 0 saturated carbocycles. The number of anilines is 2. The first-order valence-corrected chi connectivity index (χ1v) is 6.64. The molecule has 0 aliphatic carbocycles. The van der Waals surface area contributed by atoms with E-state index >= 15 is 0 Å². The molecule has 0 spiro atoms. The maximum atomic E-state index is 5.14. The first-order valence-electron chi connectivity index (χ1n) is 6.64. The fourth-order valence-corrected chi connectivity index (χ4v) is 2.08. The minimum absolute atomic E-state index is 0.694. The summed E-state index contributed by atoms with van der Waals surface area (Å²) in [6.07, 6.45) is 0. The van der Waals surface area contributed by atoms with Gasteiger partial charge in [0.15, 0.2) is 5.82 Å². The monoisotopic (exact) mass is 280 g/mol. The average Bonchev–Trinajstić information content (AvgIpc) is 2.90. The molecule has 2 aromatic carbocycles. The molecule has 5 heteroatoms. The van der Waals surface area contributed by atoms with Crippen LogP contribution in [0.2, 0.25) is 0 Å². The largest absolute Gasteiger partial charge is 0.497 e. The maximum Gasteiger partial charge on any atom is 0.229 e. The van der Waals surface area contributed by atoms with Crippen LogP contribution in [0.4, 0.5) is 11.6 Å². The van der Waals surface area contributed by atoms with Gasteiger partial charge >= 0.3 is 0 Å². The van der Waals surface area contributed by atoms with E-state index in [2.05, 4.69) is 15.5 Å². The van der Waals surface area contributed by atoms with E-state index in [0.29, 0.717) is 5.95 Å². The normalized spacial score (nSPS) is 10.4. The van der Waals surface area contributed by atoms with Gasteiger partial charge < -0.3 is 10.1 Å². The van der Waals surface area contributed by atoms with Crippen LogP contribution < -0.4 is 10.1 Å². The molecule has 0 aliphatic heterocycles. The maximum absolute atomic E-state index is 5.14. The Balaban J connectivity index is 1.85. The Bertz CT molecular complexity index is 720. The Labute approximate surface area is 123 Å². The van der Waals surface area contributed by atoms with Crippen molar-refractivity contribution < 1.29 is 4.74 Å². The number of rotatable bonds is 4. The molecule has 0 saturated heterocycles. The third kappa shape index (κ3) is 2.72. The Morgan fingerprint density at radius 2 is 1.67 bits per heavy atom. The molecule has 1 aromatic heterocycles. The van der Waals surface area contributed by atoms with Gasteiger partial charge in [0.05, 0.1) is 7.11 Å². The van der Waals surface area contributed by atoms with Gasteiger partial charge in [0.25, 0.3) is 0 Å². The van der Waals surface area contributed by atoms with Gasteiger partial charge in [-0.15, -0.1) is 10.2 Å². The van der Waals surface area contributed by atoms with E-state index in [1.807, 2.05) is 66.2 Å². The first kappa shape index (κ1) is 13.2. The van der Waals surface area contributed by atoms with Crippen LogP contribution in [0.3, 0.4) is 0 Å². The van der Waals surface area contributed by atoms with Gasteiger partial charge in [-0.2, -0.15) is 0 Å². The number of aromatic nitrogens is 3. The molecule has 0 atom stereocenters. The lowest BCUT2D eigenvalue weighted by Crippen LogP contribution is -2.00. The van der Waals surface area contributed by atoms with Crippen molar-refractivity contribution >= 4 is 11.6 Å². The predicted octanol–water partition coefficient (Wildman–Crippen LogP) is 3.23. The summed E-state index contributed by atoms with van der Waals surface area (Å²) >= 11 is 0. The zero-order valence-electron chi connectivity index (χ0n) is 11.9. The molecule has 21 heavy (non-hydrogen) atoms. The molecule has 3 rings (SSSR count). The smallest absolute Gasteiger partial charge is 0.229 e. The number of nitrogens with zero attached hydrogens (tertiary/aromatic N) is 3. The summed E-state index contributed by atoms with van der Waals surface area (Å²) in [7, 11) is 3.59. The Morgan fingerprint density at radius 1 is 0.952 bits per heavy atom. The number of hydrogen-bond acceptors (Lipinski definition) is 4. The summed E-state index contributed by atoms with van der Waals surface area (Å²) < 4.78 is 7.07. The van der Waals surface area contributed by atoms with E-state index in [1.54, 1.807) is 7.11 Å². The lowest BCUT2D eigenvalue weighted by atomic mass is 10.2. The van der Waals surface area contributed by atoms with Crippen LogP contribution in [0.25, 0.3) is 11.4 Å². The van der Waals surface area contributed by atoms with Crippen LogP contribution in [0.15, 0.2) is 54.6 Å². The second kappa shape index (κ2) is 5.66. The number of ether oxygens (including phenoxy) is 1. The Morgan fingerprint density at radius 3 is 2.33 bits per heavy atom. The van der Waals surface area contributed by atoms with Crippen molar-refractivity contribution in [3.8, 4) is 17.1 Å². The topological polar surface area (TPSA) is 52.0 Å². The van der Waals surface area contributed by atoms with Crippen molar-refractivity contribution in [2.45, 2.75) is 0 Å². The van der Waals surface area contributed by atoms with Crippen LogP contribution in [0.5, 0.6) is 5.75 Å². The van der Waals surface area contributed by atoms with Gasteiger partial charge in [-0.1, -0.05) is 30.3 Å². The number of nitrogens with one attached hydrogen (secondary N) is 1. The second-order valence-electron chi connectivity index (χ2n) is 4.63. The number of methoxy groups -OCH3 is 1. The Kier molecular flexibility index (Phi) is 3.55. The van der Waals surface area contributed by atoms with Crippen LogP contribution in [0.1, 0.15) is 0 Å². The summed E-state index contributed by atoms with van der Waals surface area (Å²) in [5.74, 6) is 2.34. The first-order chi connectivity index (χ1) is 10.3. The molecule has 0 fully saturated rings. The summed E-state index contributed by atoms with van der Waals surface area (Å²) in [6.45, 7) is 0. The lowest BCUT2D eigenvalue weighted by molar-refractivity contribution is 0.415. The number of benzene rings is 2. The zero-order valence-corrected chi connectivity index (χ0v) is 11.9. The molecule has 0 amide bonds. The molecule has 1 N–H and O–H groups in total. The van der Waals surface area contributed by atoms with Crippen molar-refractivity contribution in [2.75, 3.05) is 12.4 Å². The molecule has 3 aromatic rings. The molecule has 1 heterocycles. The van der Waals surface area contributed by atoms with Crippen molar-refractivity contribution in [1.29, 1.82) is 0 Å². The molecule has 0 aliphatic rings. The van der Waals surface area contributed by atoms with Gasteiger partial charge in [-0.3, -0.25) is 4.57 Å². The van der Waals surface area contributed by atoms with E-state index < -0.39 is 0 Å². The molecular formula is C16H16N4O. The third-order valence-electron chi connectivity index (χ3n) is 3.25. The van der Waals surface area contributed by atoms with Crippen LogP contribution in [-0.2, 0) is 7.05 Å². The average molecular weight is 280 g/mol. The number of hydrogen-bond donors (Lipinski definition) is 1. The third-order valence-corrected chi connectivity index (χ3v) is 3.25. The molecule has 0 bridgehead atoms. The van der Waals surface area contributed by atoms with E-state index in [9.17, 15) is 0 Å². The summed E-state index contributed by atoms with van der Waals surface area (Å²) in [5, 5.41) is 11.7. The second-order valence-corrected chi connectivity index (χ2v) is 4.63. The van der Waals surface area contributed by atoms with Gasteiger partial charge in [-0.05, 0) is 24.3 Å². The molecule has 106 valence electrons. The quantitative estimate of drug-likeness (QED) is 0.797. The van der Waals surface area contributed by atoms with Gasteiger partial charge in [-0.25, -0.2) is 0 Å². The van der Waals surface area contributed by atoms with Crippen molar-refractivity contribution in [2.24, 2.45) is 7.05 Å². The highest BCUT2D eigenvalue weighted by atomic mass is 16.5. The van der Waals surface area contributed by atoms with E-state index in [1.165, 1.54) is 0 Å². The predicted molar refractivity (Wildman–Crippen MR) is 82.7 cm³/mol. The van der Waals surface area contributed by atoms with Crippen molar-refractivity contribution in [3.05, 3.63) is 54.6 Å². The van der Waals surface area contributed by atoms with E-state index in [-0.39, 0.29) is 0 Å². The summed E-state index contributed by atoms with van der Waals surface area (Å²) in [5.41, 5.74) is 1.97. The van der Waals surface area contributed by atoms with Gasteiger partial charge in [0.2, 0.25) is 5.95 Å². The highest BCUT2D eigenvalue weighted by Crippen LogP contribution is 2.22. The summed E-state index contributed by atoms with van der Waals surface area (Å²) in [4.78, 5) is 0. The molecular weight excluding hydrogens is 264 g/mol. The Hall–Kier alpha value is -2.82. The van der Waals surface area contributed by atoms with E-state index in [4.69, 9.17) is 4.74 Å². The highest BCUT2D eigenvalue weighted by molar-refractivity contribution is 5.60. The minimum atomic E-state index is 0.694. The molecule has 5 nitrogen and oxygen atoms in total. The minimum Gasteiger partial charge on any atom is -0.497 e. The molecule has 0 unspecified atom stereocenters.